The molecule has 0 heterocycles. The van der Waals surface area contributed by atoms with E-state index in [1.807, 2.05) is 6.92 Å². The van der Waals surface area contributed by atoms with Crippen molar-refractivity contribution in [2.24, 2.45) is 17.6 Å². The monoisotopic (exact) mass is 280 g/mol. The van der Waals surface area contributed by atoms with Crippen molar-refractivity contribution in [3.63, 3.8) is 0 Å². The summed E-state index contributed by atoms with van der Waals surface area (Å²) < 4.78 is 12.9. The molecule has 2 unspecified atom stereocenters. The number of nitrogens with one attached hydrogen (secondary N) is 1. The van der Waals surface area contributed by atoms with Gasteiger partial charge in [0.2, 0.25) is 5.91 Å². The zero-order valence-electron chi connectivity index (χ0n) is 12.5. The van der Waals surface area contributed by atoms with Crippen molar-refractivity contribution in [1.82, 2.24) is 5.32 Å². The van der Waals surface area contributed by atoms with Gasteiger partial charge in [0.15, 0.2) is 0 Å². The van der Waals surface area contributed by atoms with Gasteiger partial charge in [0, 0.05) is 6.42 Å². The van der Waals surface area contributed by atoms with Gasteiger partial charge in [0.05, 0.1) is 6.04 Å². The molecule has 0 aliphatic heterocycles. The Hall–Kier alpha value is -1.42. The average molecular weight is 280 g/mol. The minimum absolute atomic E-state index is 0.00192. The fourth-order valence-electron chi connectivity index (χ4n) is 2.33. The number of amides is 1. The molecular weight excluding hydrogens is 255 g/mol. The number of hydrogen-bond donors (Lipinski definition) is 2. The second-order valence-corrected chi connectivity index (χ2v) is 5.78. The standard InChI is InChI=1S/C16H25FN2O/c1-11(2)8-13(10-18)9-16(20)19-12(3)14-4-6-15(17)7-5-14/h4-7,11-13H,8-10,18H2,1-3H3,(H,19,20). The first-order valence-electron chi connectivity index (χ1n) is 7.17. The molecule has 20 heavy (non-hydrogen) atoms. The van der Waals surface area contributed by atoms with Crippen molar-refractivity contribution in [1.29, 1.82) is 0 Å². The topological polar surface area (TPSA) is 55.1 Å². The third-order valence-electron chi connectivity index (χ3n) is 3.36. The van der Waals surface area contributed by atoms with Crippen LogP contribution in [0.3, 0.4) is 0 Å². The maximum atomic E-state index is 12.9. The molecule has 0 bridgehead atoms. The zero-order chi connectivity index (χ0) is 15.1. The summed E-state index contributed by atoms with van der Waals surface area (Å²) in [6.07, 6.45) is 1.40. The first-order chi connectivity index (χ1) is 9.42. The van der Waals surface area contributed by atoms with Crippen LogP contribution in [0, 0.1) is 17.7 Å². The predicted octanol–water partition coefficient (Wildman–Crippen LogP) is 3.01. The van der Waals surface area contributed by atoms with E-state index in [-0.39, 0.29) is 23.7 Å². The second kappa shape index (κ2) is 8.00. The van der Waals surface area contributed by atoms with Crippen LogP contribution in [0.5, 0.6) is 0 Å². The lowest BCUT2D eigenvalue weighted by Crippen LogP contribution is -2.30. The number of halogens is 1. The van der Waals surface area contributed by atoms with Gasteiger partial charge in [-0.25, -0.2) is 4.39 Å². The summed E-state index contributed by atoms with van der Waals surface area (Å²) in [5.41, 5.74) is 6.60. The smallest absolute Gasteiger partial charge is 0.220 e. The highest BCUT2D eigenvalue weighted by atomic mass is 19.1. The molecular formula is C16H25FN2O. The Bertz CT molecular complexity index is 417. The summed E-state index contributed by atoms with van der Waals surface area (Å²) in [4.78, 5) is 12.0. The molecule has 0 fully saturated rings. The number of hydrogen-bond acceptors (Lipinski definition) is 2. The highest BCUT2D eigenvalue weighted by Crippen LogP contribution is 2.16. The Balaban J connectivity index is 2.50. The van der Waals surface area contributed by atoms with Gasteiger partial charge in [-0.15, -0.1) is 0 Å². The Morgan fingerprint density at radius 1 is 1.25 bits per heavy atom. The number of nitrogens with two attached hydrogens (primary N) is 1. The van der Waals surface area contributed by atoms with E-state index in [9.17, 15) is 9.18 Å². The third-order valence-corrected chi connectivity index (χ3v) is 3.36. The lowest BCUT2D eigenvalue weighted by molar-refractivity contribution is -0.122. The van der Waals surface area contributed by atoms with Crippen LogP contribution < -0.4 is 11.1 Å². The van der Waals surface area contributed by atoms with E-state index in [1.165, 1.54) is 12.1 Å². The zero-order valence-corrected chi connectivity index (χ0v) is 12.5. The van der Waals surface area contributed by atoms with Crippen molar-refractivity contribution < 1.29 is 9.18 Å². The van der Waals surface area contributed by atoms with E-state index >= 15 is 0 Å². The lowest BCUT2D eigenvalue weighted by atomic mass is 9.94. The molecule has 0 aliphatic carbocycles. The Morgan fingerprint density at radius 2 is 1.85 bits per heavy atom. The first kappa shape index (κ1) is 16.6. The van der Waals surface area contributed by atoms with Gasteiger partial charge in [0.1, 0.15) is 5.82 Å². The maximum Gasteiger partial charge on any atom is 0.220 e. The van der Waals surface area contributed by atoms with Gasteiger partial charge in [0.25, 0.3) is 0 Å². The van der Waals surface area contributed by atoms with Crippen LogP contribution >= 0.6 is 0 Å². The van der Waals surface area contributed by atoms with Gasteiger partial charge >= 0.3 is 0 Å². The molecule has 0 spiro atoms. The van der Waals surface area contributed by atoms with Crippen LogP contribution in [0.4, 0.5) is 4.39 Å². The number of benzene rings is 1. The number of carbonyl (C=O) groups excluding carboxylic acids is 1. The van der Waals surface area contributed by atoms with Crippen LogP contribution in [-0.4, -0.2) is 12.5 Å². The van der Waals surface area contributed by atoms with Gasteiger partial charge in [-0.1, -0.05) is 26.0 Å². The van der Waals surface area contributed by atoms with Gasteiger partial charge in [-0.2, -0.15) is 0 Å². The van der Waals surface area contributed by atoms with Gasteiger partial charge in [-0.05, 0) is 49.4 Å². The van der Waals surface area contributed by atoms with Crippen molar-refractivity contribution in [2.45, 2.75) is 39.7 Å². The number of carbonyl (C=O) groups is 1. The molecule has 3 N–H and O–H groups in total. The van der Waals surface area contributed by atoms with Crippen molar-refractivity contribution in [2.75, 3.05) is 6.54 Å². The molecule has 3 nitrogen and oxygen atoms in total. The van der Waals surface area contributed by atoms with E-state index < -0.39 is 0 Å². The fourth-order valence-corrected chi connectivity index (χ4v) is 2.33. The average Bonchev–Trinajstić information content (AvgIpc) is 2.37. The minimum atomic E-state index is -0.271. The van der Waals surface area contributed by atoms with Crippen molar-refractivity contribution in [3.8, 4) is 0 Å². The molecule has 0 radical (unpaired) electrons. The molecule has 0 saturated carbocycles. The van der Waals surface area contributed by atoms with Crippen LogP contribution in [0.15, 0.2) is 24.3 Å². The normalized spacial score (nSPS) is 14.1. The summed E-state index contributed by atoms with van der Waals surface area (Å²) in [6, 6.07) is 6.06. The SMILES string of the molecule is CC(C)CC(CN)CC(=O)NC(C)c1ccc(F)cc1. The molecule has 4 heteroatoms. The molecule has 1 rings (SSSR count). The minimum Gasteiger partial charge on any atom is -0.350 e. The van der Waals surface area contributed by atoms with E-state index in [4.69, 9.17) is 5.73 Å². The summed E-state index contributed by atoms with van der Waals surface area (Å²) in [6.45, 7) is 6.67. The third kappa shape index (κ3) is 5.70. The van der Waals surface area contributed by atoms with Gasteiger partial charge in [-0.3, -0.25) is 4.79 Å². The quantitative estimate of drug-likeness (QED) is 0.806. The summed E-state index contributed by atoms with van der Waals surface area (Å²) in [7, 11) is 0. The summed E-state index contributed by atoms with van der Waals surface area (Å²) >= 11 is 0. The number of rotatable bonds is 7. The molecule has 1 aromatic rings. The molecule has 0 saturated heterocycles. The lowest BCUT2D eigenvalue weighted by Gasteiger charge is -2.19. The second-order valence-electron chi connectivity index (χ2n) is 5.78. The van der Waals surface area contributed by atoms with E-state index in [0.29, 0.717) is 18.9 Å². The molecule has 1 amide bonds. The highest BCUT2D eigenvalue weighted by molar-refractivity contribution is 5.76. The molecule has 0 aliphatic rings. The van der Waals surface area contributed by atoms with E-state index in [1.54, 1.807) is 12.1 Å². The summed E-state index contributed by atoms with van der Waals surface area (Å²) in [5, 5.41) is 2.94. The van der Waals surface area contributed by atoms with E-state index in [2.05, 4.69) is 19.2 Å². The highest BCUT2D eigenvalue weighted by Gasteiger charge is 2.16. The molecule has 1 aromatic carbocycles. The van der Waals surface area contributed by atoms with Crippen LogP contribution in [-0.2, 0) is 4.79 Å². The maximum absolute atomic E-state index is 12.9. The largest absolute Gasteiger partial charge is 0.350 e. The summed E-state index contributed by atoms with van der Waals surface area (Å²) in [5.74, 6) is 0.478. The van der Waals surface area contributed by atoms with Crippen molar-refractivity contribution in [3.05, 3.63) is 35.6 Å². The van der Waals surface area contributed by atoms with Gasteiger partial charge < -0.3 is 11.1 Å². The van der Waals surface area contributed by atoms with Crippen LogP contribution in [0.1, 0.15) is 45.2 Å². The Kier molecular flexibility index (Phi) is 6.65. The Labute approximate surface area is 120 Å². The van der Waals surface area contributed by atoms with Crippen LogP contribution in [0.2, 0.25) is 0 Å². The van der Waals surface area contributed by atoms with Crippen LogP contribution in [0.25, 0.3) is 0 Å². The first-order valence-corrected chi connectivity index (χ1v) is 7.17. The molecule has 112 valence electrons. The van der Waals surface area contributed by atoms with E-state index in [0.717, 1.165) is 12.0 Å². The molecule has 2 atom stereocenters. The predicted molar refractivity (Wildman–Crippen MR) is 79.6 cm³/mol. The molecule has 0 aromatic heterocycles. The fraction of sp³-hybridized carbons (Fsp3) is 0.562. The Morgan fingerprint density at radius 3 is 2.35 bits per heavy atom. The van der Waals surface area contributed by atoms with Crippen molar-refractivity contribution >= 4 is 5.91 Å².